The molecule has 1 amide bonds. The first kappa shape index (κ1) is 9.23. The number of aromatic nitrogens is 2. The molecule has 0 aliphatic heterocycles. The van der Waals surface area contributed by atoms with Gasteiger partial charge in [-0.25, -0.2) is 9.97 Å². The van der Waals surface area contributed by atoms with Crippen molar-refractivity contribution in [3.63, 3.8) is 0 Å². The number of nitrogens with zero attached hydrogens (tertiary/aromatic N) is 2. The Balaban J connectivity index is 2.35. The molecule has 1 aromatic carbocycles. The molecule has 2 heterocycles. The topological polar surface area (TPSA) is 54.9 Å². The summed E-state index contributed by atoms with van der Waals surface area (Å²) in [6.45, 7) is 0. The number of nitrogens with one attached hydrogen (secondary N) is 1. The predicted molar refractivity (Wildman–Crippen MR) is 64.6 cm³/mol. The van der Waals surface area contributed by atoms with Gasteiger partial charge in [-0.3, -0.25) is 4.79 Å². The molecule has 0 radical (unpaired) electrons. The van der Waals surface area contributed by atoms with E-state index in [0.29, 0.717) is 6.41 Å². The van der Waals surface area contributed by atoms with Gasteiger partial charge in [-0.05, 0) is 18.2 Å². The average molecular weight is 229 g/mol. The fourth-order valence-corrected chi connectivity index (χ4v) is 2.69. The van der Waals surface area contributed by atoms with Crippen LogP contribution in [0, 0.1) is 0 Å². The van der Waals surface area contributed by atoms with Crippen LogP contribution in [-0.2, 0) is 4.79 Å². The summed E-state index contributed by atoms with van der Waals surface area (Å²) in [4.78, 5) is 18.6. The molecule has 0 atom stereocenters. The maximum absolute atomic E-state index is 10.4. The normalized spacial score (nSPS) is 10.8. The van der Waals surface area contributed by atoms with Crippen molar-refractivity contribution in [2.45, 2.75) is 0 Å². The van der Waals surface area contributed by atoms with Crippen LogP contribution in [0.3, 0.4) is 0 Å². The van der Waals surface area contributed by atoms with Crippen molar-refractivity contribution in [1.29, 1.82) is 0 Å². The van der Waals surface area contributed by atoms with E-state index in [0.717, 1.165) is 26.0 Å². The molecule has 16 heavy (non-hydrogen) atoms. The molecule has 0 spiro atoms. The van der Waals surface area contributed by atoms with E-state index in [4.69, 9.17) is 0 Å². The molecule has 0 bridgehead atoms. The van der Waals surface area contributed by atoms with Gasteiger partial charge in [-0.15, -0.1) is 11.3 Å². The highest BCUT2D eigenvalue weighted by Crippen LogP contribution is 2.33. The Morgan fingerprint density at radius 3 is 3.12 bits per heavy atom. The van der Waals surface area contributed by atoms with Crippen LogP contribution < -0.4 is 5.32 Å². The van der Waals surface area contributed by atoms with E-state index in [2.05, 4.69) is 15.3 Å². The third kappa shape index (κ3) is 1.33. The molecule has 1 N–H and O–H groups in total. The van der Waals surface area contributed by atoms with Gasteiger partial charge in [0.2, 0.25) is 6.41 Å². The van der Waals surface area contributed by atoms with Gasteiger partial charge in [0.1, 0.15) is 6.33 Å². The number of hydrogen-bond acceptors (Lipinski definition) is 4. The molecule has 3 rings (SSSR count). The van der Waals surface area contributed by atoms with Crippen LogP contribution in [0.5, 0.6) is 0 Å². The highest BCUT2D eigenvalue weighted by molar-refractivity contribution is 7.25. The molecule has 0 unspecified atom stereocenters. The van der Waals surface area contributed by atoms with Crippen LogP contribution in [0.15, 0.2) is 30.7 Å². The van der Waals surface area contributed by atoms with Gasteiger partial charge in [0.15, 0.2) is 0 Å². The largest absolute Gasteiger partial charge is 0.329 e. The Kier molecular flexibility index (Phi) is 2.04. The van der Waals surface area contributed by atoms with Crippen molar-refractivity contribution in [2.24, 2.45) is 0 Å². The number of rotatable bonds is 2. The zero-order valence-electron chi connectivity index (χ0n) is 8.18. The molecular formula is C11H7N3OS. The number of hydrogen-bond donors (Lipinski definition) is 1. The predicted octanol–water partition coefficient (Wildman–Crippen LogP) is 2.41. The minimum Gasteiger partial charge on any atom is -0.329 e. The van der Waals surface area contributed by atoms with Crippen molar-refractivity contribution in [3.8, 4) is 0 Å². The Hall–Kier alpha value is -2.01. The van der Waals surface area contributed by atoms with Gasteiger partial charge in [0.25, 0.3) is 0 Å². The number of thiophene rings is 1. The Bertz CT molecular complexity index is 677. The van der Waals surface area contributed by atoms with Gasteiger partial charge in [-0.2, -0.15) is 0 Å². The highest BCUT2D eigenvalue weighted by Gasteiger charge is 2.06. The van der Waals surface area contributed by atoms with Crippen molar-refractivity contribution >= 4 is 43.7 Å². The van der Waals surface area contributed by atoms with E-state index in [1.54, 1.807) is 17.5 Å². The van der Waals surface area contributed by atoms with E-state index in [-0.39, 0.29) is 0 Å². The molecule has 0 saturated carbocycles. The number of benzene rings is 1. The van der Waals surface area contributed by atoms with E-state index in [1.165, 1.54) is 6.33 Å². The summed E-state index contributed by atoms with van der Waals surface area (Å²) in [5, 5.41) is 3.69. The monoisotopic (exact) mass is 229 g/mol. The molecule has 0 aliphatic rings. The lowest BCUT2D eigenvalue weighted by Crippen LogP contribution is -1.92. The molecule has 78 valence electrons. The van der Waals surface area contributed by atoms with Crippen molar-refractivity contribution in [3.05, 3.63) is 30.7 Å². The quantitative estimate of drug-likeness (QED) is 0.686. The molecule has 3 aromatic rings. The number of anilines is 1. The van der Waals surface area contributed by atoms with E-state index < -0.39 is 0 Å². The molecule has 0 aliphatic carbocycles. The standard InChI is InChI=1S/C11H7N3OS/c15-6-14-7-1-2-9-8(3-7)11-10(16-9)4-12-5-13-11/h1-6H,(H,14,15). The third-order valence-corrected chi connectivity index (χ3v) is 3.45. The summed E-state index contributed by atoms with van der Waals surface area (Å²) in [5.74, 6) is 0. The zero-order chi connectivity index (χ0) is 11.0. The fraction of sp³-hybridized carbons (Fsp3) is 0. The van der Waals surface area contributed by atoms with Crippen LogP contribution >= 0.6 is 11.3 Å². The second-order valence-electron chi connectivity index (χ2n) is 3.31. The molecule has 4 nitrogen and oxygen atoms in total. The van der Waals surface area contributed by atoms with Crippen molar-refractivity contribution in [1.82, 2.24) is 9.97 Å². The first-order valence-corrected chi connectivity index (χ1v) is 5.52. The van der Waals surface area contributed by atoms with Crippen molar-refractivity contribution in [2.75, 3.05) is 5.32 Å². The summed E-state index contributed by atoms with van der Waals surface area (Å²) >= 11 is 1.65. The summed E-state index contributed by atoms with van der Waals surface area (Å²) in [5.41, 5.74) is 1.71. The molecule has 0 fully saturated rings. The van der Waals surface area contributed by atoms with Crippen LogP contribution in [-0.4, -0.2) is 16.4 Å². The molecule has 0 saturated heterocycles. The number of fused-ring (bicyclic) bond motifs is 3. The van der Waals surface area contributed by atoms with E-state index >= 15 is 0 Å². The van der Waals surface area contributed by atoms with E-state index in [1.807, 2.05) is 18.2 Å². The maximum atomic E-state index is 10.4. The second-order valence-corrected chi connectivity index (χ2v) is 4.39. The van der Waals surface area contributed by atoms with Gasteiger partial charge in [0.05, 0.1) is 10.2 Å². The molecule has 2 aromatic heterocycles. The lowest BCUT2D eigenvalue weighted by molar-refractivity contribution is -0.105. The van der Waals surface area contributed by atoms with Crippen LogP contribution in [0.25, 0.3) is 20.3 Å². The number of carbonyl (C=O) groups excluding carboxylic acids is 1. The van der Waals surface area contributed by atoms with Gasteiger partial charge in [0, 0.05) is 22.0 Å². The second kappa shape index (κ2) is 3.53. The summed E-state index contributed by atoms with van der Waals surface area (Å²) in [6, 6.07) is 5.78. The number of amides is 1. The van der Waals surface area contributed by atoms with Gasteiger partial charge < -0.3 is 5.32 Å². The highest BCUT2D eigenvalue weighted by atomic mass is 32.1. The summed E-state index contributed by atoms with van der Waals surface area (Å²) in [6.07, 6.45) is 4.01. The van der Waals surface area contributed by atoms with Crippen LogP contribution in [0.4, 0.5) is 5.69 Å². The Morgan fingerprint density at radius 2 is 2.25 bits per heavy atom. The zero-order valence-corrected chi connectivity index (χ0v) is 8.99. The van der Waals surface area contributed by atoms with Crippen molar-refractivity contribution < 1.29 is 4.79 Å². The first-order chi connectivity index (χ1) is 7.88. The minimum atomic E-state index is 0.671. The molecule has 5 heteroatoms. The lowest BCUT2D eigenvalue weighted by Gasteiger charge is -1.97. The molecular weight excluding hydrogens is 222 g/mol. The first-order valence-electron chi connectivity index (χ1n) is 4.71. The summed E-state index contributed by atoms with van der Waals surface area (Å²) < 4.78 is 2.20. The fourth-order valence-electron chi connectivity index (χ4n) is 1.67. The van der Waals surface area contributed by atoms with E-state index in [9.17, 15) is 4.79 Å². The average Bonchev–Trinajstić information content (AvgIpc) is 2.68. The minimum absolute atomic E-state index is 0.671. The lowest BCUT2D eigenvalue weighted by atomic mass is 10.2. The van der Waals surface area contributed by atoms with Crippen LogP contribution in [0.2, 0.25) is 0 Å². The van der Waals surface area contributed by atoms with Gasteiger partial charge >= 0.3 is 0 Å². The summed E-state index contributed by atoms with van der Waals surface area (Å²) in [7, 11) is 0. The Labute approximate surface area is 95.0 Å². The third-order valence-electron chi connectivity index (χ3n) is 2.36. The number of carbonyl (C=O) groups is 1. The Morgan fingerprint density at radius 1 is 1.31 bits per heavy atom. The van der Waals surface area contributed by atoms with Gasteiger partial charge in [-0.1, -0.05) is 0 Å². The van der Waals surface area contributed by atoms with Crippen LogP contribution in [0.1, 0.15) is 0 Å². The SMILES string of the molecule is O=CNc1ccc2sc3cncnc3c2c1. The smallest absolute Gasteiger partial charge is 0.211 e. The maximum Gasteiger partial charge on any atom is 0.211 e.